The first kappa shape index (κ1) is 23.8. The number of carbonyl (C=O) groups excluding carboxylic acids is 4. The van der Waals surface area contributed by atoms with E-state index in [0.717, 1.165) is 29.7 Å². The number of halogens is 2. The van der Waals surface area contributed by atoms with Gasteiger partial charge in [-0.25, -0.2) is 4.79 Å². The van der Waals surface area contributed by atoms with Crippen molar-refractivity contribution in [3.8, 4) is 0 Å². The number of fused-ring (bicyclic) bond motifs is 5. The molecule has 1 N–H and O–H groups in total. The fourth-order valence-corrected chi connectivity index (χ4v) is 6.32. The average molecular weight is 515 g/mol. The van der Waals surface area contributed by atoms with Crippen LogP contribution in [-0.2, 0) is 30.3 Å². The molecule has 5 rings (SSSR count). The topological polar surface area (TPSA) is 92.8 Å². The molecule has 182 valence electrons. The Hall–Kier alpha value is -2.90. The molecule has 3 fully saturated rings. The molecular weight excluding hydrogens is 491 g/mol. The molecule has 35 heavy (non-hydrogen) atoms. The number of hydrogen-bond acceptors (Lipinski definition) is 5. The number of hydrogen-bond donors (Lipinski definition) is 1. The van der Waals surface area contributed by atoms with E-state index in [-0.39, 0.29) is 46.9 Å². The lowest BCUT2D eigenvalue weighted by atomic mass is 9.81. The highest BCUT2D eigenvalue weighted by atomic mass is 35.5. The van der Waals surface area contributed by atoms with E-state index in [1.54, 1.807) is 6.07 Å². The van der Waals surface area contributed by atoms with Crippen molar-refractivity contribution in [3.05, 3.63) is 64.1 Å². The molecule has 2 aromatic carbocycles. The number of likely N-dealkylation sites (tertiary alicyclic amines) is 1. The number of nitrogens with one attached hydrogen (secondary N) is 1. The van der Waals surface area contributed by atoms with Crippen molar-refractivity contribution < 1.29 is 23.9 Å². The number of benzene rings is 2. The van der Waals surface area contributed by atoms with Gasteiger partial charge in [0, 0.05) is 11.4 Å². The Labute approximate surface area is 212 Å². The van der Waals surface area contributed by atoms with Crippen molar-refractivity contribution >= 4 is 52.6 Å². The van der Waals surface area contributed by atoms with Gasteiger partial charge in [0.1, 0.15) is 6.04 Å². The molecule has 1 heterocycles. The van der Waals surface area contributed by atoms with Gasteiger partial charge in [0.05, 0.1) is 22.5 Å². The first-order valence-electron chi connectivity index (χ1n) is 11.7. The summed E-state index contributed by atoms with van der Waals surface area (Å²) in [5.74, 6) is -2.25. The van der Waals surface area contributed by atoms with Gasteiger partial charge in [-0.3, -0.25) is 19.3 Å². The summed E-state index contributed by atoms with van der Waals surface area (Å²) >= 11 is 12.0. The van der Waals surface area contributed by atoms with E-state index >= 15 is 0 Å². The third-order valence-electron chi connectivity index (χ3n) is 7.37. The number of carbonyl (C=O) groups is 4. The lowest BCUT2D eigenvalue weighted by Crippen LogP contribution is -2.48. The van der Waals surface area contributed by atoms with Gasteiger partial charge in [-0.2, -0.15) is 0 Å². The van der Waals surface area contributed by atoms with Crippen LogP contribution >= 0.6 is 23.2 Å². The number of amides is 3. The number of imide groups is 1. The molecule has 2 aromatic rings. The Morgan fingerprint density at radius 3 is 2.29 bits per heavy atom. The van der Waals surface area contributed by atoms with Gasteiger partial charge in [-0.15, -0.1) is 0 Å². The zero-order valence-corrected chi connectivity index (χ0v) is 20.3. The summed E-state index contributed by atoms with van der Waals surface area (Å²) in [4.78, 5) is 53.4. The molecule has 1 saturated heterocycles. The van der Waals surface area contributed by atoms with Crippen molar-refractivity contribution in [1.82, 2.24) is 4.90 Å². The van der Waals surface area contributed by atoms with Gasteiger partial charge >= 0.3 is 5.97 Å². The summed E-state index contributed by atoms with van der Waals surface area (Å²) in [6.07, 6.45) is 2.91. The molecule has 3 amide bonds. The van der Waals surface area contributed by atoms with Crippen LogP contribution in [0.3, 0.4) is 0 Å². The van der Waals surface area contributed by atoms with Crippen LogP contribution in [-0.4, -0.2) is 41.2 Å². The molecule has 0 spiro atoms. The quantitative estimate of drug-likeness (QED) is 0.443. The third kappa shape index (κ3) is 4.55. The number of ether oxygens (including phenoxy) is 1. The highest BCUT2D eigenvalue weighted by Gasteiger charge is 2.62. The van der Waals surface area contributed by atoms with Crippen LogP contribution in [0.5, 0.6) is 0 Å². The van der Waals surface area contributed by atoms with E-state index in [1.807, 2.05) is 30.3 Å². The van der Waals surface area contributed by atoms with Crippen LogP contribution in [0.15, 0.2) is 48.5 Å². The van der Waals surface area contributed by atoms with Gasteiger partial charge in [-0.05, 0) is 54.9 Å². The molecule has 0 unspecified atom stereocenters. The summed E-state index contributed by atoms with van der Waals surface area (Å²) < 4.78 is 5.31. The maximum absolute atomic E-state index is 13.4. The fraction of sp³-hybridized carbons (Fsp3) is 0.385. The molecule has 0 aromatic heterocycles. The van der Waals surface area contributed by atoms with E-state index in [9.17, 15) is 19.2 Å². The monoisotopic (exact) mass is 514 g/mol. The molecular formula is C26H24Cl2N2O5. The first-order valence-corrected chi connectivity index (χ1v) is 12.4. The number of nitrogens with zero attached hydrogens (tertiary/aromatic N) is 1. The Morgan fingerprint density at radius 2 is 1.66 bits per heavy atom. The van der Waals surface area contributed by atoms with Gasteiger partial charge in [-0.1, -0.05) is 53.5 Å². The van der Waals surface area contributed by atoms with Gasteiger partial charge in [0.25, 0.3) is 5.91 Å². The van der Waals surface area contributed by atoms with Crippen molar-refractivity contribution in [2.24, 2.45) is 23.7 Å². The Morgan fingerprint density at radius 1 is 1.00 bits per heavy atom. The molecule has 2 bridgehead atoms. The normalized spacial score (nSPS) is 25.5. The van der Waals surface area contributed by atoms with E-state index in [4.69, 9.17) is 27.9 Å². The molecule has 5 atom stereocenters. The highest BCUT2D eigenvalue weighted by molar-refractivity contribution is 6.36. The van der Waals surface area contributed by atoms with Gasteiger partial charge < -0.3 is 10.1 Å². The second-order valence-corrected chi connectivity index (χ2v) is 10.3. The zero-order chi connectivity index (χ0) is 24.7. The smallest absolute Gasteiger partial charge is 0.330 e. The SMILES string of the molecule is O=C(COC(=O)[C@H](Cc1ccccc1)N1C(=O)[C@H]2[C@H]3CC[C@@H](C3)[C@@H]2C1=O)Nc1ccc(Cl)cc1Cl. The molecule has 0 radical (unpaired) electrons. The summed E-state index contributed by atoms with van der Waals surface area (Å²) in [6, 6.07) is 12.6. The van der Waals surface area contributed by atoms with Crippen molar-refractivity contribution in [2.45, 2.75) is 31.7 Å². The summed E-state index contributed by atoms with van der Waals surface area (Å²) in [6.45, 7) is -0.586. The molecule has 3 aliphatic rings. The van der Waals surface area contributed by atoms with E-state index in [2.05, 4.69) is 5.32 Å². The highest BCUT2D eigenvalue weighted by Crippen LogP contribution is 2.56. The standard InChI is InChI=1S/C26H24Cl2N2O5/c27-17-8-9-19(18(28)12-17)29-21(31)13-35-26(34)20(10-14-4-2-1-3-5-14)30-24(32)22-15-6-7-16(11-15)23(22)25(30)33/h1-5,8-9,12,15-16,20,22-23H,6-7,10-11,13H2,(H,29,31)/t15-,16-,20-,22-,23-/m0/s1. The van der Waals surface area contributed by atoms with Crippen LogP contribution in [0.2, 0.25) is 10.0 Å². The predicted octanol–water partition coefficient (Wildman–Crippen LogP) is 4.12. The molecule has 2 aliphatic carbocycles. The van der Waals surface area contributed by atoms with Crippen molar-refractivity contribution in [3.63, 3.8) is 0 Å². The lowest BCUT2D eigenvalue weighted by Gasteiger charge is -2.26. The second-order valence-electron chi connectivity index (χ2n) is 9.42. The first-order chi connectivity index (χ1) is 16.8. The van der Waals surface area contributed by atoms with E-state index in [0.29, 0.717) is 10.7 Å². The fourth-order valence-electron chi connectivity index (χ4n) is 5.87. The molecule has 9 heteroatoms. The van der Waals surface area contributed by atoms with Crippen LogP contribution in [0.4, 0.5) is 5.69 Å². The van der Waals surface area contributed by atoms with Crippen LogP contribution in [0.1, 0.15) is 24.8 Å². The van der Waals surface area contributed by atoms with Crippen LogP contribution < -0.4 is 5.32 Å². The van der Waals surface area contributed by atoms with Gasteiger partial charge in [0.15, 0.2) is 6.61 Å². The Kier molecular flexibility index (Phi) is 6.55. The number of rotatable bonds is 7. The maximum Gasteiger partial charge on any atom is 0.330 e. The lowest BCUT2D eigenvalue weighted by molar-refractivity contribution is -0.160. The summed E-state index contributed by atoms with van der Waals surface area (Å²) in [7, 11) is 0. The minimum Gasteiger partial charge on any atom is -0.454 e. The predicted molar refractivity (Wildman–Crippen MR) is 130 cm³/mol. The molecule has 1 aliphatic heterocycles. The minimum absolute atomic E-state index is 0.122. The van der Waals surface area contributed by atoms with Gasteiger partial charge in [0.2, 0.25) is 11.8 Å². The average Bonchev–Trinajstić information content (AvgIpc) is 3.52. The van der Waals surface area contributed by atoms with Crippen molar-refractivity contribution in [1.29, 1.82) is 0 Å². The van der Waals surface area contributed by atoms with E-state index < -0.39 is 24.5 Å². The molecule has 2 saturated carbocycles. The second kappa shape index (κ2) is 9.63. The zero-order valence-electron chi connectivity index (χ0n) is 18.8. The largest absolute Gasteiger partial charge is 0.454 e. The summed E-state index contributed by atoms with van der Waals surface area (Å²) in [5, 5.41) is 3.23. The van der Waals surface area contributed by atoms with Crippen LogP contribution in [0.25, 0.3) is 0 Å². The number of anilines is 1. The minimum atomic E-state index is -1.13. The van der Waals surface area contributed by atoms with Crippen LogP contribution in [0, 0.1) is 23.7 Å². The third-order valence-corrected chi connectivity index (χ3v) is 7.92. The van der Waals surface area contributed by atoms with E-state index in [1.165, 1.54) is 12.1 Å². The maximum atomic E-state index is 13.4. The number of esters is 1. The summed E-state index contributed by atoms with van der Waals surface area (Å²) in [5.41, 5.74) is 1.11. The Balaban J connectivity index is 1.31. The van der Waals surface area contributed by atoms with Crippen molar-refractivity contribution in [2.75, 3.05) is 11.9 Å². The molecule has 7 nitrogen and oxygen atoms in total. The Bertz CT molecular complexity index is 1160.